The van der Waals surface area contributed by atoms with E-state index in [-0.39, 0.29) is 11.9 Å². The molecule has 32 heavy (non-hydrogen) atoms. The largest absolute Gasteiger partial charge is 0.466 e. The van der Waals surface area contributed by atoms with E-state index in [0.29, 0.717) is 13.2 Å². The molecule has 0 fully saturated rings. The van der Waals surface area contributed by atoms with Gasteiger partial charge in [-0.15, -0.1) is 0 Å². The van der Waals surface area contributed by atoms with Crippen LogP contribution in [0.2, 0.25) is 0 Å². The predicted molar refractivity (Wildman–Crippen MR) is 137 cm³/mol. The molecule has 0 saturated heterocycles. The Morgan fingerprint density at radius 1 is 0.500 bits per heavy atom. The van der Waals surface area contributed by atoms with E-state index in [4.69, 9.17) is 9.47 Å². The number of allylic oxidation sites excluding steroid dienone is 4. The summed E-state index contributed by atoms with van der Waals surface area (Å²) in [6.45, 7) is 8.53. The molecule has 0 heterocycles. The average Bonchev–Trinajstić information content (AvgIpc) is 2.76. The molecule has 0 aromatic rings. The number of ether oxygens (including phenoxy) is 2. The highest BCUT2D eigenvalue weighted by Gasteiger charge is 1.93. The van der Waals surface area contributed by atoms with Crippen molar-refractivity contribution in [1.82, 2.24) is 0 Å². The third kappa shape index (κ3) is 35.8. The minimum Gasteiger partial charge on any atom is -0.466 e. The van der Waals surface area contributed by atoms with Gasteiger partial charge in [-0.05, 0) is 51.4 Å². The molecule has 0 rings (SSSR count). The molecule has 0 bridgehead atoms. The molecule has 0 radical (unpaired) electrons. The van der Waals surface area contributed by atoms with Gasteiger partial charge in [-0.1, -0.05) is 89.5 Å². The van der Waals surface area contributed by atoms with E-state index in [9.17, 15) is 9.59 Å². The zero-order chi connectivity index (χ0) is 24.1. The first-order chi connectivity index (χ1) is 15.5. The second-order valence-electron chi connectivity index (χ2n) is 8.31. The Morgan fingerprint density at radius 2 is 0.812 bits per heavy atom. The first-order valence-corrected chi connectivity index (χ1v) is 13.1. The van der Waals surface area contributed by atoms with E-state index in [0.717, 1.165) is 25.7 Å². The van der Waals surface area contributed by atoms with E-state index in [1.54, 1.807) is 0 Å². The van der Waals surface area contributed by atoms with Crippen LogP contribution in [0, 0.1) is 0 Å². The van der Waals surface area contributed by atoms with Gasteiger partial charge in [0.25, 0.3) is 0 Å². The minimum absolute atomic E-state index is 0.168. The van der Waals surface area contributed by atoms with Crippen molar-refractivity contribution in [3.63, 3.8) is 0 Å². The van der Waals surface area contributed by atoms with Gasteiger partial charge in [0, 0.05) is 13.8 Å². The van der Waals surface area contributed by atoms with E-state index in [1.807, 2.05) is 0 Å². The van der Waals surface area contributed by atoms with Crippen molar-refractivity contribution in [3.05, 3.63) is 24.3 Å². The molecule has 0 aliphatic heterocycles. The lowest BCUT2D eigenvalue weighted by atomic mass is 10.1. The van der Waals surface area contributed by atoms with Crippen molar-refractivity contribution >= 4 is 11.9 Å². The zero-order valence-electron chi connectivity index (χ0n) is 21.7. The van der Waals surface area contributed by atoms with Crippen LogP contribution in [0.5, 0.6) is 0 Å². The zero-order valence-corrected chi connectivity index (χ0v) is 21.7. The number of carbonyl (C=O) groups is 2. The molecule has 0 aliphatic rings. The van der Waals surface area contributed by atoms with Crippen LogP contribution in [-0.4, -0.2) is 25.2 Å². The summed E-state index contributed by atoms with van der Waals surface area (Å²) in [6.07, 6.45) is 28.5. The monoisotopic (exact) mass is 452 g/mol. The lowest BCUT2D eigenvalue weighted by molar-refractivity contribution is -0.142. The first kappa shape index (κ1) is 32.6. The summed E-state index contributed by atoms with van der Waals surface area (Å²) < 4.78 is 9.72. The fraction of sp³-hybridized carbons (Fsp3) is 0.786. The fourth-order valence-electron chi connectivity index (χ4n) is 2.98. The Hall–Kier alpha value is -1.58. The second kappa shape index (κ2) is 29.4. The highest BCUT2D eigenvalue weighted by molar-refractivity contribution is 5.66. The molecular weight excluding hydrogens is 400 g/mol. The maximum Gasteiger partial charge on any atom is 0.302 e. The van der Waals surface area contributed by atoms with Gasteiger partial charge in [-0.25, -0.2) is 0 Å². The molecule has 0 N–H and O–H groups in total. The number of esters is 2. The van der Waals surface area contributed by atoms with Crippen LogP contribution in [0.4, 0.5) is 0 Å². The van der Waals surface area contributed by atoms with Gasteiger partial charge in [-0.3, -0.25) is 9.59 Å². The van der Waals surface area contributed by atoms with Crippen molar-refractivity contribution in [1.29, 1.82) is 0 Å². The molecule has 0 aromatic carbocycles. The fourth-order valence-corrected chi connectivity index (χ4v) is 2.98. The molecule has 0 unspecified atom stereocenters. The lowest BCUT2D eigenvalue weighted by Crippen LogP contribution is -1.99. The van der Waals surface area contributed by atoms with E-state index in [1.165, 1.54) is 90.9 Å². The van der Waals surface area contributed by atoms with Gasteiger partial charge < -0.3 is 9.47 Å². The third-order valence-electron chi connectivity index (χ3n) is 4.92. The maximum atomic E-state index is 10.5. The maximum absolute atomic E-state index is 10.5. The van der Waals surface area contributed by atoms with Crippen molar-refractivity contribution in [3.8, 4) is 0 Å². The molecule has 188 valence electrons. The van der Waals surface area contributed by atoms with Crippen LogP contribution in [0.15, 0.2) is 24.3 Å². The molecule has 4 heteroatoms. The smallest absolute Gasteiger partial charge is 0.302 e. The Morgan fingerprint density at radius 3 is 1.12 bits per heavy atom. The summed E-state index contributed by atoms with van der Waals surface area (Å²) in [5, 5.41) is 0. The van der Waals surface area contributed by atoms with Gasteiger partial charge in [0.2, 0.25) is 0 Å². The highest BCUT2D eigenvalue weighted by Crippen LogP contribution is 2.06. The summed E-state index contributed by atoms with van der Waals surface area (Å²) in [5.41, 5.74) is 0. The quantitative estimate of drug-likeness (QED) is 0.105. The highest BCUT2D eigenvalue weighted by atomic mass is 16.5. The summed E-state index contributed by atoms with van der Waals surface area (Å²) in [6, 6.07) is 0. The minimum atomic E-state index is -0.168. The van der Waals surface area contributed by atoms with Crippen molar-refractivity contribution < 1.29 is 19.1 Å². The molecule has 0 saturated carbocycles. The Bertz CT molecular complexity index is 412. The molecule has 0 aliphatic carbocycles. The predicted octanol–water partition coefficient (Wildman–Crippen LogP) is 8.49. The van der Waals surface area contributed by atoms with Gasteiger partial charge in [0.15, 0.2) is 0 Å². The first-order valence-electron chi connectivity index (χ1n) is 13.1. The molecule has 0 spiro atoms. The molecule has 0 aromatic heterocycles. The number of rotatable bonds is 20. The van der Waals surface area contributed by atoms with Crippen LogP contribution >= 0.6 is 0 Å². The van der Waals surface area contributed by atoms with Crippen LogP contribution in [-0.2, 0) is 19.1 Å². The summed E-state index contributed by atoms with van der Waals surface area (Å²) >= 11 is 0. The topological polar surface area (TPSA) is 52.6 Å². The van der Waals surface area contributed by atoms with Crippen LogP contribution < -0.4 is 0 Å². The van der Waals surface area contributed by atoms with Crippen molar-refractivity contribution in [2.75, 3.05) is 13.2 Å². The Kier molecular flexibility index (Phi) is 30.0. The van der Waals surface area contributed by atoms with Crippen LogP contribution in [0.3, 0.4) is 0 Å². The van der Waals surface area contributed by atoms with Crippen molar-refractivity contribution in [2.24, 2.45) is 0 Å². The van der Waals surface area contributed by atoms with Gasteiger partial charge in [-0.2, -0.15) is 0 Å². The summed E-state index contributed by atoms with van der Waals surface area (Å²) in [5.74, 6) is -0.335. The SMILES string of the molecule is CCCC/C=C/CCCCCCOC(C)=O.CCCC/C=C\CCCCCCOC(C)=O. The molecule has 4 nitrogen and oxygen atoms in total. The Balaban J connectivity index is 0. The van der Waals surface area contributed by atoms with Crippen LogP contribution in [0.1, 0.15) is 130 Å². The van der Waals surface area contributed by atoms with Crippen LogP contribution in [0.25, 0.3) is 0 Å². The van der Waals surface area contributed by atoms with E-state index >= 15 is 0 Å². The second-order valence-corrected chi connectivity index (χ2v) is 8.31. The third-order valence-corrected chi connectivity index (χ3v) is 4.92. The van der Waals surface area contributed by atoms with Gasteiger partial charge in [0.05, 0.1) is 13.2 Å². The number of carbonyl (C=O) groups excluding carboxylic acids is 2. The summed E-state index contributed by atoms with van der Waals surface area (Å²) in [4.78, 5) is 20.9. The number of hydrogen-bond donors (Lipinski definition) is 0. The summed E-state index contributed by atoms with van der Waals surface area (Å²) in [7, 11) is 0. The Labute approximate surface area is 199 Å². The lowest BCUT2D eigenvalue weighted by Gasteiger charge is -2.00. The van der Waals surface area contributed by atoms with E-state index < -0.39 is 0 Å². The van der Waals surface area contributed by atoms with Crippen molar-refractivity contribution in [2.45, 2.75) is 130 Å². The van der Waals surface area contributed by atoms with Gasteiger partial charge in [0.1, 0.15) is 0 Å². The normalized spacial score (nSPS) is 10.9. The molecule has 0 amide bonds. The van der Waals surface area contributed by atoms with Gasteiger partial charge >= 0.3 is 11.9 Å². The number of hydrogen-bond acceptors (Lipinski definition) is 4. The standard InChI is InChI=1S/2C14H26O2/c2*1-3-4-5-6-7-8-9-10-11-12-13-16-14(2)15/h2*6-7H,3-5,8-13H2,1-2H3/b7-6+;7-6-. The molecular formula is C28H52O4. The van der Waals surface area contributed by atoms with E-state index in [2.05, 4.69) is 38.2 Å². The average molecular weight is 453 g/mol. The molecule has 0 atom stereocenters. The number of unbranched alkanes of at least 4 members (excludes halogenated alkanes) is 12.